The van der Waals surface area contributed by atoms with Crippen LogP contribution in [0.5, 0.6) is 0 Å². The molecule has 1 heterocycles. The van der Waals surface area contributed by atoms with Crippen molar-refractivity contribution in [3.05, 3.63) is 0 Å². The summed E-state index contributed by atoms with van der Waals surface area (Å²) in [6.07, 6.45) is 17.6. The maximum Gasteiger partial charge on any atom is 0.309 e. The van der Waals surface area contributed by atoms with E-state index in [1.54, 1.807) is 0 Å². The number of aliphatic hydroxyl groups excluding tert-OH is 1. The van der Waals surface area contributed by atoms with Gasteiger partial charge in [-0.2, -0.15) is 0 Å². The van der Waals surface area contributed by atoms with E-state index >= 15 is 0 Å². The summed E-state index contributed by atoms with van der Waals surface area (Å²) in [6.45, 7) is 14.8. The molecule has 6 aliphatic rings. The quantitative estimate of drug-likeness (QED) is 0.249. The van der Waals surface area contributed by atoms with Crippen molar-refractivity contribution in [2.75, 3.05) is 6.61 Å². The van der Waals surface area contributed by atoms with Crippen molar-refractivity contribution in [2.45, 2.75) is 163 Å². The first-order valence-corrected chi connectivity index (χ1v) is 18.0. The predicted octanol–water partition coefficient (Wildman–Crippen LogP) is 8.35. The number of rotatable bonds is 8. The lowest BCUT2D eigenvalue weighted by atomic mass is 9.29. The molecule has 42 heavy (non-hydrogen) atoms. The molecular formula is C37H62O5. The first kappa shape index (κ1) is 31.3. The van der Waals surface area contributed by atoms with Gasteiger partial charge in [-0.15, -0.1) is 0 Å². The fourth-order valence-electron chi connectivity index (χ4n) is 13.9. The lowest BCUT2D eigenvalue weighted by Crippen LogP contribution is -2.71. The summed E-state index contributed by atoms with van der Waals surface area (Å²) in [4.78, 5) is 12.7. The number of fused-ring (bicyclic) bond motifs is 7. The molecule has 0 aromatic carbocycles. The van der Waals surface area contributed by atoms with Crippen LogP contribution in [0, 0.1) is 56.2 Å². The Bertz CT molecular complexity index is 1060. The van der Waals surface area contributed by atoms with Crippen LogP contribution in [0.3, 0.4) is 0 Å². The molecule has 3 N–H and O–H groups in total. The van der Waals surface area contributed by atoms with Crippen molar-refractivity contribution >= 4 is 5.97 Å². The normalized spacial score (nSPS) is 54.8. The Balaban J connectivity index is 1.43. The molecule has 6 rings (SSSR count). The van der Waals surface area contributed by atoms with E-state index in [-0.39, 0.29) is 38.9 Å². The van der Waals surface area contributed by atoms with Gasteiger partial charge in [0.25, 0.3) is 0 Å². The molecule has 0 unspecified atom stereocenters. The van der Waals surface area contributed by atoms with E-state index < -0.39 is 23.3 Å². The minimum Gasteiger partial charge on any atom is -0.481 e. The molecule has 5 heteroatoms. The first-order chi connectivity index (χ1) is 19.7. The molecule has 1 aliphatic heterocycles. The average Bonchev–Trinajstić information content (AvgIpc) is 3.11. The number of carbonyl (C=O) groups is 1. The standard InChI is InChI=1S/C37H62O5/c1-7-9-10-11-14-36-21-19-33(5)26(13-15-35-24-42-37(41,27(35)12-8-2)22-25(38)29(33)35)34(36,6)20-18-31(3)16-17-32(4,30(39)40)23-28(31)36/h25-29,38,41H,7-24H2,1-6H3,(H,39,40)/t25-,26-,27+,28+,29-,31+,32+,33+,34+,35-,36-,37-/m0/s1. The van der Waals surface area contributed by atoms with Gasteiger partial charge in [-0.3, -0.25) is 4.79 Å². The Hall–Kier alpha value is -0.650. The van der Waals surface area contributed by atoms with Crippen molar-refractivity contribution in [3.63, 3.8) is 0 Å². The maximum absolute atomic E-state index is 12.7. The third-order valence-corrected chi connectivity index (χ3v) is 16.0. The number of ether oxygens (including phenoxy) is 1. The summed E-state index contributed by atoms with van der Waals surface area (Å²) in [7, 11) is 0. The lowest BCUT2D eigenvalue weighted by molar-refractivity contribution is -0.293. The zero-order valence-corrected chi connectivity index (χ0v) is 27.8. The van der Waals surface area contributed by atoms with Gasteiger partial charge in [0.15, 0.2) is 5.79 Å². The average molecular weight is 587 g/mol. The number of carboxylic acid groups (broad SMARTS) is 1. The Kier molecular flexibility index (Phi) is 7.59. The van der Waals surface area contributed by atoms with Gasteiger partial charge in [0.2, 0.25) is 0 Å². The number of hydrogen-bond donors (Lipinski definition) is 3. The molecule has 6 fully saturated rings. The van der Waals surface area contributed by atoms with E-state index in [1.165, 1.54) is 44.9 Å². The molecule has 5 saturated carbocycles. The Morgan fingerprint density at radius 2 is 1.60 bits per heavy atom. The second kappa shape index (κ2) is 10.2. The highest BCUT2D eigenvalue weighted by atomic mass is 16.6. The Morgan fingerprint density at radius 3 is 2.29 bits per heavy atom. The minimum absolute atomic E-state index is 0.00112. The summed E-state index contributed by atoms with van der Waals surface area (Å²) in [5.41, 5.74) is -0.277. The third-order valence-electron chi connectivity index (χ3n) is 16.0. The molecule has 12 atom stereocenters. The molecule has 240 valence electrons. The number of carboxylic acids is 1. The third kappa shape index (κ3) is 4.00. The van der Waals surface area contributed by atoms with Crippen LogP contribution in [0.15, 0.2) is 0 Å². The van der Waals surface area contributed by atoms with Crippen LogP contribution >= 0.6 is 0 Å². The Labute approximate surface area is 255 Å². The van der Waals surface area contributed by atoms with E-state index in [0.29, 0.717) is 24.9 Å². The molecule has 1 saturated heterocycles. The van der Waals surface area contributed by atoms with Gasteiger partial charge in [-0.05, 0) is 117 Å². The molecular weight excluding hydrogens is 524 g/mol. The van der Waals surface area contributed by atoms with E-state index in [0.717, 1.165) is 57.8 Å². The number of aliphatic carboxylic acids is 1. The smallest absolute Gasteiger partial charge is 0.309 e. The summed E-state index contributed by atoms with van der Waals surface area (Å²) < 4.78 is 6.28. The highest BCUT2D eigenvalue weighted by molar-refractivity contribution is 5.74. The van der Waals surface area contributed by atoms with Crippen LogP contribution < -0.4 is 0 Å². The van der Waals surface area contributed by atoms with Crippen LogP contribution in [0.1, 0.15) is 151 Å². The molecule has 5 aliphatic carbocycles. The largest absolute Gasteiger partial charge is 0.481 e. The molecule has 0 radical (unpaired) electrons. The number of aliphatic hydroxyl groups is 2. The highest BCUT2D eigenvalue weighted by Crippen LogP contribution is 2.80. The van der Waals surface area contributed by atoms with E-state index in [1.807, 2.05) is 6.92 Å². The van der Waals surface area contributed by atoms with Gasteiger partial charge in [-0.1, -0.05) is 66.7 Å². The molecule has 2 bridgehead atoms. The second-order valence-electron chi connectivity index (χ2n) is 17.7. The van der Waals surface area contributed by atoms with Crippen molar-refractivity contribution in [2.24, 2.45) is 56.2 Å². The van der Waals surface area contributed by atoms with Crippen molar-refractivity contribution in [3.8, 4) is 0 Å². The first-order valence-electron chi connectivity index (χ1n) is 18.0. The second-order valence-corrected chi connectivity index (χ2v) is 17.7. The monoisotopic (exact) mass is 586 g/mol. The van der Waals surface area contributed by atoms with Crippen LogP contribution in [0.4, 0.5) is 0 Å². The van der Waals surface area contributed by atoms with Gasteiger partial charge < -0.3 is 20.1 Å². The van der Waals surface area contributed by atoms with Gasteiger partial charge >= 0.3 is 5.97 Å². The SMILES string of the molecule is CCCCCC[C@@]12CC[C@@]3(C)[C@@H]4[C@@H](O)C[C@]5(O)OC[C@@]4(CC[C@@H]3[C@@]1(C)CC[C@@]1(C)CC[C@@](C)(C(=O)O)C[C@H]12)[C@H]5CCC. The van der Waals surface area contributed by atoms with Crippen LogP contribution in [0.25, 0.3) is 0 Å². The van der Waals surface area contributed by atoms with Crippen LogP contribution in [-0.4, -0.2) is 39.8 Å². The molecule has 0 amide bonds. The fourth-order valence-corrected chi connectivity index (χ4v) is 13.9. The number of hydrogen-bond acceptors (Lipinski definition) is 4. The zero-order chi connectivity index (χ0) is 30.4. The topological polar surface area (TPSA) is 87.0 Å². The lowest BCUT2D eigenvalue weighted by Gasteiger charge is -2.75. The Morgan fingerprint density at radius 1 is 0.857 bits per heavy atom. The molecule has 5 nitrogen and oxygen atoms in total. The van der Waals surface area contributed by atoms with E-state index in [9.17, 15) is 20.1 Å². The van der Waals surface area contributed by atoms with Gasteiger partial charge in [-0.25, -0.2) is 0 Å². The van der Waals surface area contributed by atoms with Crippen molar-refractivity contribution in [1.29, 1.82) is 0 Å². The molecule has 1 spiro atoms. The maximum atomic E-state index is 12.7. The van der Waals surface area contributed by atoms with Crippen molar-refractivity contribution in [1.82, 2.24) is 0 Å². The fraction of sp³-hybridized carbons (Fsp3) is 0.973. The van der Waals surface area contributed by atoms with Gasteiger partial charge in [0, 0.05) is 17.8 Å². The van der Waals surface area contributed by atoms with Gasteiger partial charge in [0.1, 0.15) is 0 Å². The highest BCUT2D eigenvalue weighted by Gasteiger charge is 2.76. The van der Waals surface area contributed by atoms with Gasteiger partial charge in [0.05, 0.1) is 18.1 Å². The summed E-state index contributed by atoms with van der Waals surface area (Å²) in [5, 5.41) is 34.0. The van der Waals surface area contributed by atoms with E-state index in [2.05, 4.69) is 34.6 Å². The van der Waals surface area contributed by atoms with E-state index in [4.69, 9.17) is 4.74 Å². The number of unbranched alkanes of at least 4 members (excludes halogenated alkanes) is 3. The summed E-state index contributed by atoms with van der Waals surface area (Å²) >= 11 is 0. The predicted molar refractivity (Wildman–Crippen MR) is 166 cm³/mol. The van der Waals surface area contributed by atoms with Crippen molar-refractivity contribution < 1.29 is 24.9 Å². The molecule has 0 aromatic rings. The summed E-state index contributed by atoms with van der Waals surface area (Å²) in [5.74, 6) is -0.566. The minimum atomic E-state index is -1.17. The van der Waals surface area contributed by atoms with Crippen LogP contribution in [-0.2, 0) is 9.53 Å². The zero-order valence-electron chi connectivity index (χ0n) is 27.8. The van der Waals surface area contributed by atoms with Crippen LogP contribution in [0.2, 0.25) is 0 Å². The summed E-state index contributed by atoms with van der Waals surface area (Å²) in [6, 6.07) is 0. The molecule has 0 aromatic heterocycles.